The number of nitrogens with zero attached hydrogens (tertiary/aromatic N) is 3. The van der Waals surface area contributed by atoms with Crippen molar-refractivity contribution in [3.05, 3.63) is 0 Å². The maximum Gasteiger partial charge on any atom is 0.227 e. The monoisotopic (exact) mass is 339 g/mol. The van der Waals surface area contributed by atoms with Crippen LogP contribution in [-0.2, 0) is 14.3 Å². The number of likely N-dealkylation sites (tertiary alicyclic amines) is 1. The quantitative estimate of drug-likeness (QED) is 0.683. The number of carbonyl (C=O) groups excluding carboxylic acids is 2. The van der Waals surface area contributed by atoms with Gasteiger partial charge in [0.25, 0.3) is 0 Å². The third-order valence-corrected chi connectivity index (χ3v) is 5.15. The molecular formula is C18H33N3O3. The number of piperidine rings is 1. The summed E-state index contributed by atoms with van der Waals surface area (Å²) in [6.45, 7) is 8.80. The average molecular weight is 339 g/mol. The van der Waals surface area contributed by atoms with Crippen LogP contribution in [-0.4, -0.2) is 86.0 Å². The smallest absolute Gasteiger partial charge is 0.227 e. The molecule has 24 heavy (non-hydrogen) atoms. The van der Waals surface area contributed by atoms with E-state index < -0.39 is 0 Å². The molecule has 2 saturated heterocycles. The van der Waals surface area contributed by atoms with E-state index in [4.69, 9.17) is 4.74 Å². The normalized spacial score (nSPS) is 23.2. The molecule has 0 saturated carbocycles. The minimum Gasteiger partial charge on any atom is -0.385 e. The minimum atomic E-state index is -0.00529. The Morgan fingerprint density at radius 1 is 1.04 bits per heavy atom. The van der Waals surface area contributed by atoms with Crippen LogP contribution in [0.2, 0.25) is 0 Å². The number of rotatable bonds is 6. The van der Waals surface area contributed by atoms with Gasteiger partial charge in [0.05, 0.1) is 5.92 Å². The van der Waals surface area contributed by atoms with Gasteiger partial charge in [-0.2, -0.15) is 0 Å². The lowest BCUT2D eigenvalue weighted by Crippen LogP contribution is -2.47. The second-order valence-electron chi connectivity index (χ2n) is 6.90. The van der Waals surface area contributed by atoms with Gasteiger partial charge in [-0.1, -0.05) is 6.92 Å². The van der Waals surface area contributed by atoms with Crippen molar-refractivity contribution in [3.8, 4) is 0 Å². The Labute approximate surface area is 146 Å². The van der Waals surface area contributed by atoms with Crippen molar-refractivity contribution in [1.82, 2.24) is 14.7 Å². The van der Waals surface area contributed by atoms with Gasteiger partial charge in [-0.25, -0.2) is 0 Å². The van der Waals surface area contributed by atoms with Gasteiger partial charge < -0.3 is 19.4 Å². The lowest BCUT2D eigenvalue weighted by atomic mass is 9.96. The minimum absolute atomic E-state index is 0.00529. The van der Waals surface area contributed by atoms with Gasteiger partial charge in [0.2, 0.25) is 11.8 Å². The number of carbonyl (C=O) groups is 2. The van der Waals surface area contributed by atoms with E-state index in [-0.39, 0.29) is 17.7 Å². The van der Waals surface area contributed by atoms with Crippen molar-refractivity contribution in [3.63, 3.8) is 0 Å². The fourth-order valence-electron chi connectivity index (χ4n) is 3.73. The third-order valence-electron chi connectivity index (χ3n) is 5.15. The molecule has 2 aliphatic rings. The first kappa shape index (κ1) is 19.2. The molecule has 0 radical (unpaired) electrons. The second-order valence-corrected chi connectivity index (χ2v) is 6.90. The molecular weight excluding hydrogens is 306 g/mol. The Hall–Kier alpha value is -1.14. The lowest BCUT2D eigenvalue weighted by molar-refractivity contribution is -0.140. The maximum absolute atomic E-state index is 12.9. The van der Waals surface area contributed by atoms with Crippen molar-refractivity contribution in [1.29, 1.82) is 0 Å². The SMILES string of the molecule is CCC(=O)N1CCCC(C(=O)N2CCCN(CCCOC)CC2)C1. The van der Waals surface area contributed by atoms with Gasteiger partial charge in [-0.15, -0.1) is 0 Å². The highest BCUT2D eigenvalue weighted by molar-refractivity contribution is 5.81. The highest BCUT2D eigenvalue weighted by Gasteiger charge is 2.31. The molecule has 2 amide bonds. The Balaban J connectivity index is 1.82. The Kier molecular flexibility index (Phi) is 7.99. The molecule has 0 bridgehead atoms. The Morgan fingerprint density at radius 3 is 2.58 bits per heavy atom. The van der Waals surface area contributed by atoms with Crippen molar-refractivity contribution in [2.45, 2.75) is 39.0 Å². The van der Waals surface area contributed by atoms with Crippen LogP contribution in [0.3, 0.4) is 0 Å². The molecule has 138 valence electrons. The molecule has 2 aliphatic heterocycles. The van der Waals surface area contributed by atoms with Gasteiger partial charge in [0, 0.05) is 59.4 Å². The molecule has 2 rings (SSSR count). The first-order valence-corrected chi connectivity index (χ1v) is 9.43. The molecule has 0 aromatic rings. The highest BCUT2D eigenvalue weighted by atomic mass is 16.5. The topological polar surface area (TPSA) is 53.1 Å². The van der Waals surface area contributed by atoms with Crippen LogP contribution in [0.4, 0.5) is 0 Å². The molecule has 1 atom stereocenters. The molecule has 0 aliphatic carbocycles. The predicted molar refractivity (Wildman–Crippen MR) is 93.7 cm³/mol. The second kappa shape index (κ2) is 9.99. The van der Waals surface area contributed by atoms with E-state index >= 15 is 0 Å². The first-order chi connectivity index (χ1) is 11.7. The number of amides is 2. The van der Waals surface area contributed by atoms with E-state index in [1.165, 1.54) is 0 Å². The summed E-state index contributed by atoms with van der Waals surface area (Å²) in [7, 11) is 1.74. The summed E-state index contributed by atoms with van der Waals surface area (Å²) >= 11 is 0. The van der Waals surface area contributed by atoms with Crippen molar-refractivity contribution < 1.29 is 14.3 Å². The van der Waals surface area contributed by atoms with Crippen LogP contribution >= 0.6 is 0 Å². The van der Waals surface area contributed by atoms with Crippen LogP contribution in [0.1, 0.15) is 39.0 Å². The zero-order chi connectivity index (χ0) is 17.4. The zero-order valence-corrected chi connectivity index (χ0v) is 15.3. The summed E-state index contributed by atoms with van der Waals surface area (Å²) in [6, 6.07) is 0. The summed E-state index contributed by atoms with van der Waals surface area (Å²) in [6.07, 6.45) is 4.46. The van der Waals surface area contributed by atoms with Crippen LogP contribution in [0.25, 0.3) is 0 Å². The molecule has 0 N–H and O–H groups in total. The van der Waals surface area contributed by atoms with Crippen molar-refractivity contribution >= 4 is 11.8 Å². The zero-order valence-electron chi connectivity index (χ0n) is 15.3. The number of hydrogen-bond donors (Lipinski definition) is 0. The fourth-order valence-corrected chi connectivity index (χ4v) is 3.73. The van der Waals surface area contributed by atoms with Gasteiger partial charge in [-0.05, 0) is 32.2 Å². The van der Waals surface area contributed by atoms with Crippen molar-refractivity contribution in [2.75, 3.05) is 59.5 Å². The summed E-state index contributed by atoms with van der Waals surface area (Å²) < 4.78 is 5.12. The van der Waals surface area contributed by atoms with E-state index in [1.807, 2.05) is 16.7 Å². The largest absolute Gasteiger partial charge is 0.385 e. The molecule has 6 nitrogen and oxygen atoms in total. The van der Waals surface area contributed by atoms with E-state index in [9.17, 15) is 9.59 Å². The van der Waals surface area contributed by atoms with E-state index in [0.29, 0.717) is 13.0 Å². The summed E-state index contributed by atoms with van der Waals surface area (Å²) in [5, 5.41) is 0. The van der Waals surface area contributed by atoms with Gasteiger partial charge >= 0.3 is 0 Å². The lowest BCUT2D eigenvalue weighted by Gasteiger charge is -2.34. The summed E-state index contributed by atoms with van der Waals surface area (Å²) in [4.78, 5) is 31.1. The van der Waals surface area contributed by atoms with Crippen molar-refractivity contribution in [2.24, 2.45) is 5.92 Å². The van der Waals surface area contributed by atoms with Crippen LogP contribution in [0.5, 0.6) is 0 Å². The number of hydrogen-bond acceptors (Lipinski definition) is 4. The summed E-state index contributed by atoms with van der Waals surface area (Å²) in [5.41, 5.74) is 0. The molecule has 1 unspecified atom stereocenters. The van der Waals surface area contributed by atoms with Gasteiger partial charge in [-0.3, -0.25) is 9.59 Å². The fraction of sp³-hybridized carbons (Fsp3) is 0.889. The predicted octanol–water partition coefficient (Wildman–Crippen LogP) is 1.21. The number of methoxy groups -OCH3 is 1. The van der Waals surface area contributed by atoms with Crippen LogP contribution in [0.15, 0.2) is 0 Å². The third kappa shape index (κ3) is 5.45. The Bertz CT molecular complexity index is 416. The molecule has 0 aromatic carbocycles. The average Bonchev–Trinajstić information content (AvgIpc) is 2.86. The van der Waals surface area contributed by atoms with E-state index in [1.54, 1.807) is 7.11 Å². The van der Waals surface area contributed by atoms with E-state index in [2.05, 4.69) is 4.90 Å². The summed E-state index contributed by atoms with van der Waals surface area (Å²) in [5.74, 6) is 0.421. The highest BCUT2D eigenvalue weighted by Crippen LogP contribution is 2.20. The van der Waals surface area contributed by atoms with Crippen LogP contribution in [0, 0.1) is 5.92 Å². The maximum atomic E-state index is 12.9. The molecule has 0 spiro atoms. The van der Waals surface area contributed by atoms with E-state index in [0.717, 1.165) is 71.6 Å². The van der Waals surface area contributed by atoms with Gasteiger partial charge in [0.15, 0.2) is 0 Å². The standard InChI is InChI=1S/C18H33N3O3/c1-3-17(22)21-10-4-7-16(15-21)18(23)20-11-5-8-19(12-13-20)9-6-14-24-2/h16H,3-15H2,1-2H3. The van der Waals surface area contributed by atoms with Gasteiger partial charge in [0.1, 0.15) is 0 Å². The van der Waals surface area contributed by atoms with Crippen LogP contribution < -0.4 is 0 Å². The Morgan fingerprint density at radius 2 is 1.83 bits per heavy atom. The first-order valence-electron chi connectivity index (χ1n) is 9.43. The molecule has 2 heterocycles. The molecule has 6 heteroatoms. The molecule has 0 aromatic heterocycles. The number of ether oxygens (including phenoxy) is 1. The molecule has 2 fully saturated rings.